The molecule has 3 aromatic heterocycles. The zero-order valence-corrected chi connectivity index (χ0v) is 14.5. The normalized spacial score (nSPS) is 11.1. The number of carbonyl (C=O) groups is 2. The van der Waals surface area contributed by atoms with Gasteiger partial charge in [0.1, 0.15) is 5.69 Å². The maximum atomic E-state index is 12.5. The number of aryl methyl sites for hydroxylation is 2. The molecule has 0 saturated heterocycles. The number of carboxylic acid groups (broad SMARTS) is 1. The summed E-state index contributed by atoms with van der Waals surface area (Å²) in [5.74, 6) is -1.16. The Hall–Kier alpha value is -2.19. The third-order valence-corrected chi connectivity index (χ3v) is 5.45. The highest BCUT2D eigenvalue weighted by atomic mass is 32.1. The standard InChI is InChI=1S/C15H15N3O3S2/c1-7-12(15(20)21)13-11(22-7)4-10(17-13)14(19)18(3)6-9-5-16-8(2)23-9/h4-5,17H,6H2,1-3H3,(H,20,21). The summed E-state index contributed by atoms with van der Waals surface area (Å²) >= 11 is 2.93. The molecule has 0 atom stereocenters. The van der Waals surface area contributed by atoms with Crippen LogP contribution in [0.5, 0.6) is 0 Å². The van der Waals surface area contributed by atoms with E-state index in [-0.39, 0.29) is 11.5 Å². The average Bonchev–Trinajstić information content (AvgIpc) is 3.11. The largest absolute Gasteiger partial charge is 0.478 e. The van der Waals surface area contributed by atoms with Crippen molar-refractivity contribution in [2.24, 2.45) is 0 Å². The Labute approximate surface area is 140 Å². The van der Waals surface area contributed by atoms with Crippen molar-refractivity contribution in [3.8, 4) is 0 Å². The van der Waals surface area contributed by atoms with Gasteiger partial charge >= 0.3 is 5.97 Å². The number of fused-ring (bicyclic) bond motifs is 1. The molecule has 0 aliphatic heterocycles. The molecular formula is C15H15N3O3S2. The first-order chi connectivity index (χ1) is 10.9. The number of H-pyrrole nitrogens is 1. The molecule has 3 rings (SSSR count). The monoisotopic (exact) mass is 349 g/mol. The molecule has 0 radical (unpaired) electrons. The van der Waals surface area contributed by atoms with Crippen LogP contribution in [0.15, 0.2) is 12.3 Å². The van der Waals surface area contributed by atoms with Crippen LogP contribution >= 0.6 is 22.7 Å². The van der Waals surface area contributed by atoms with Crippen LogP contribution in [-0.2, 0) is 6.54 Å². The van der Waals surface area contributed by atoms with Gasteiger partial charge in [0, 0.05) is 23.0 Å². The van der Waals surface area contributed by atoms with E-state index in [9.17, 15) is 14.7 Å². The van der Waals surface area contributed by atoms with Gasteiger partial charge in [-0.2, -0.15) is 0 Å². The van der Waals surface area contributed by atoms with Gasteiger partial charge in [-0.1, -0.05) is 0 Å². The van der Waals surface area contributed by atoms with Crippen molar-refractivity contribution < 1.29 is 14.7 Å². The number of aromatic amines is 1. The minimum absolute atomic E-state index is 0.173. The highest BCUT2D eigenvalue weighted by Crippen LogP contribution is 2.31. The molecular weight excluding hydrogens is 334 g/mol. The molecule has 8 heteroatoms. The van der Waals surface area contributed by atoms with E-state index in [0.29, 0.717) is 17.8 Å². The van der Waals surface area contributed by atoms with E-state index >= 15 is 0 Å². The molecule has 0 unspecified atom stereocenters. The van der Waals surface area contributed by atoms with Crippen molar-refractivity contribution in [3.05, 3.63) is 38.3 Å². The van der Waals surface area contributed by atoms with Gasteiger partial charge in [-0.15, -0.1) is 22.7 Å². The van der Waals surface area contributed by atoms with Gasteiger partial charge in [-0.3, -0.25) is 4.79 Å². The maximum Gasteiger partial charge on any atom is 0.338 e. The van der Waals surface area contributed by atoms with Crippen molar-refractivity contribution in [2.75, 3.05) is 7.05 Å². The van der Waals surface area contributed by atoms with Crippen molar-refractivity contribution in [3.63, 3.8) is 0 Å². The van der Waals surface area contributed by atoms with Crippen LogP contribution in [0.2, 0.25) is 0 Å². The molecule has 2 N–H and O–H groups in total. The minimum Gasteiger partial charge on any atom is -0.478 e. The van der Waals surface area contributed by atoms with Gasteiger partial charge < -0.3 is 15.0 Å². The summed E-state index contributed by atoms with van der Waals surface area (Å²) in [6, 6.07) is 1.72. The summed E-state index contributed by atoms with van der Waals surface area (Å²) in [6.07, 6.45) is 1.77. The SMILES string of the molecule is Cc1ncc(CN(C)C(=O)c2cc3sc(C)c(C(=O)O)c3[nH]2)s1. The van der Waals surface area contributed by atoms with E-state index < -0.39 is 5.97 Å². The second-order valence-electron chi connectivity index (χ2n) is 5.27. The summed E-state index contributed by atoms with van der Waals surface area (Å²) < 4.78 is 0.783. The first-order valence-electron chi connectivity index (χ1n) is 6.89. The lowest BCUT2D eigenvalue weighted by Crippen LogP contribution is -2.26. The van der Waals surface area contributed by atoms with Crippen LogP contribution in [0.1, 0.15) is 35.6 Å². The molecule has 3 heterocycles. The lowest BCUT2D eigenvalue weighted by molar-refractivity contribution is 0.0697. The molecule has 1 amide bonds. The number of hydrogen-bond donors (Lipinski definition) is 2. The van der Waals surface area contributed by atoms with Gasteiger partial charge in [0.05, 0.1) is 27.3 Å². The number of rotatable bonds is 4. The molecule has 120 valence electrons. The molecule has 0 saturated carbocycles. The predicted molar refractivity (Wildman–Crippen MR) is 90.5 cm³/mol. The summed E-state index contributed by atoms with van der Waals surface area (Å²) in [7, 11) is 1.72. The van der Waals surface area contributed by atoms with E-state index in [1.54, 1.807) is 42.5 Å². The molecule has 0 bridgehead atoms. The van der Waals surface area contributed by atoms with E-state index in [2.05, 4.69) is 9.97 Å². The zero-order chi connectivity index (χ0) is 16.7. The Morgan fingerprint density at radius 1 is 1.35 bits per heavy atom. The van der Waals surface area contributed by atoms with E-state index in [1.807, 2.05) is 6.92 Å². The first-order valence-corrected chi connectivity index (χ1v) is 8.52. The third-order valence-electron chi connectivity index (χ3n) is 3.50. The highest BCUT2D eigenvalue weighted by molar-refractivity contribution is 7.19. The number of aromatic carboxylic acids is 1. The second kappa shape index (κ2) is 5.78. The summed E-state index contributed by atoms with van der Waals surface area (Å²) in [5, 5.41) is 10.3. The number of carboxylic acids is 1. The Morgan fingerprint density at radius 3 is 2.70 bits per heavy atom. The van der Waals surface area contributed by atoms with Crippen LogP contribution in [0.3, 0.4) is 0 Å². The Morgan fingerprint density at radius 2 is 2.09 bits per heavy atom. The first kappa shape index (κ1) is 15.7. The van der Waals surface area contributed by atoms with Crippen LogP contribution in [0.4, 0.5) is 0 Å². The number of aromatic nitrogens is 2. The highest BCUT2D eigenvalue weighted by Gasteiger charge is 2.21. The maximum absolute atomic E-state index is 12.5. The van der Waals surface area contributed by atoms with Crippen molar-refractivity contribution in [1.82, 2.24) is 14.9 Å². The molecule has 0 aromatic carbocycles. The van der Waals surface area contributed by atoms with Crippen molar-refractivity contribution in [2.45, 2.75) is 20.4 Å². The average molecular weight is 349 g/mol. The lowest BCUT2D eigenvalue weighted by atomic mass is 10.2. The lowest BCUT2D eigenvalue weighted by Gasteiger charge is -2.14. The van der Waals surface area contributed by atoms with E-state index in [1.165, 1.54) is 11.3 Å². The second-order valence-corrected chi connectivity index (χ2v) is 7.84. The molecule has 0 aliphatic carbocycles. The van der Waals surface area contributed by atoms with E-state index in [0.717, 1.165) is 19.5 Å². The van der Waals surface area contributed by atoms with Crippen LogP contribution in [0.25, 0.3) is 10.2 Å². The van der Waals surface area contributed by atoms with Gasteiger partial charge in [-0.25, -0.2) is 9.78 Å². The number of hydrogen-bond acceptors (Lipinski definition) is 5. The summed E-state index contributed by atoms with van der Waals surface area (Å²) in [6.45, 7) is 4.16. The van der Waals surface area contributed by atoms with Gasteiger partial charge in [0.15, 0.2) is 0 Å². The molecule has 0 spiro atoms. The Kier molecular flexibility index (Phi) is 3.95. The van der Waals surface area contributed by atoms with Crippen molar-refractivity contribution in [1.29, 1.82) is 0 Å². The van der Waals surface area contributed by atoms with Crippen LogP contribution in [0, 0.1) is 13.8 Å². The number of nitrogens with one attached hydrogen (secondary N) is 1. The Balaban J connectivity index is 1.87. The predicted octanol–water partition coefficient (Wildman–Crippen LogP) is 3.27. The molecule has 3 aromatic rings. The smallest absolute Gasteiger partial charge is 0.338 e. The molecule has 6 nitrogen and oxygen atoms in total. The molecule has 0 fully saturated rings. The minimum atomic E-state index is -0.983. The summed E-state index contributed by atoms with van der Waals surface area (Å²) in [4.78, 5) is 34.3. The summed E-state index contributed by atoms with van der Waals surface area (Å²) in [5.41, 5.74) is 1.16. The third kappa shape index (κ3) is 2.87. The van der Waals surface area contributed by atoms with Crippen molar-refractivity contribution >= 4 is 44.8 Å². The number of thiazole rings is 1. The number of nitrogens with zero attached hydrogens (tertiary/aromatic N) is 2. The molecule has 23 heavy (non-hydrogen) atoms. The number of amides is 1. The fourth-order valence-corrected chi connectivity index (χ4v) is 4.36. The number of thiophene rings is 1. The quantitative estimate of drug-likeness (QED) is 0.757. The van der Waals surface area contributed by atoms with Gasteiger partial charge in [-0.05, 0) is 19.9 Å². The van der Waals surface area contributed by atoms with Gasteiger partial charge in [0.25, 0.3) is 5.91 Å². The fourth-order valence-electron chi connectivity index (χ4n) is 2.46. The fraction of sp³-hybridized carbons (Fsp3) is 0.267. The van der Waals surface area contributed by atoms with E-state index in [4.69, 9.17) is 0 Å². The molecule has 0 aliphatic rings. The Bertz CT molecular complexity index is 906. The zero-order valence-electron chi connectivity index (χ0n) is 12.8. The topological polar surface area (TPSA) is 86.3 Å². The van der Waals surface area contributed by atoms with Crippen LogP contribution < -0.4 is 0 Å². The van der Waals surface area contributed by atoms with Crippen LogP contribution in [-0.4, -0.2) is 38.9 Å². The van der Waals surface area contributed by atoms with Gasteiger partial charge in [0.2, 0.25) is 0 Å². The number of carbonyl (C=O) groups excluding carboxylic acids is 1.